The number of aryl methyl sites for hydroxylation is 1. The zero-order valence-electron chi connectivity index (χ0n) is 10.7. The van der Waals surface area contributed by atoms with Crippen molar-refractivity contribution in [2.45, 2.75) is 13.0 Å². The predicted octanol–water partition coefficient (Wildman–Crippen LogP) is 1.22. The number of hydrogen-bond donors (Lipinski definition) is 2. The second-order valence-electron chi connectivity index (χ2n) is 3.89. The number of esters is 1. The van der Waals surface area contributed by atoms with Gasteiger partial charge in [-0.15, -0.1) is 0 Å². The van der Waals surface area contributed by atoms with Gasteiger partial charge in [-0.2, -0.15) is 10.1 Å². The molecule has 0 aliphatic heterocycles. The zero-order chi connectivity index (χ0) is 14.5. The van der Waals surface area contributed by atoms with E-state index in [-0.39, 0.29) is 17.7 Å². The highest BCUT2D eigenvalue weighted by Gasteiger charge is 2.06. The van der Waals surface area contributed by atoms with Crippen LogP contribution in [-0.2, 0) is 16.1 Å². The largest absolute Gasteiger partial charge is 0.469 e. The summed E-state index contributed by atoms with van der Waals surface area (Å²) in [4.78, 5) is 18.8. The van der Waals surface area contributed by atoms with Crippen LogP contribution in [0.4, 0.5) is 17.2 Å². The number of halogens is 1. The molecule has 2 aromatic heterocycles. The van der Waals surface area contributed by atoms with E-state index >= 15 is 0 Å². The first-order valence-electron chi connectivity index (χ1n) is 5.73. The van der Waals surface area contributed by atoms with E-state index < -0.39 is 0 Å². The molecule has 0 unspecified atom stereocenters. The Kier molecular flexibility index (Phi) is 4.36. The van der Waals surface area contributed by atoms with Crippen LogP contribution in [-0.4, -0.2) is 32.8 Å². The maximum absolute atomic E-state index is 11.0. The van der Waals surface area contributed by atoms with Crippen LogP contribution in [0.15, 0.2) is 18.6 Å². The van der Waals surface area contributed by atoms with E-state index in [4.69, 9.17) is 17.3 Å². The molecule has 0 fully saturated rings. The van der Waals surface area contributed by atoms with Gasteiger partial charge in [0.2, 0.25) is 5.28 Å². The topological polar surface area (TPSA) is 108 Å². The Labute approximate surface area is 119 Å². The SMILES string of the molecule is COC(=O)CCn1cc(Nc2nc(Cl)ncc2N)cn1. The van der Waals surface area contributed by atoms with Crippen molar-refractivity contribution in [2.24, 2.45) is 0 Å². The number of aromatic nitrogens is 4. The van der Waals surface area contributed by atoms with Crippen LogP contribution < -0.4 is 11.1 Å². The molecule has 3 N–H and O–H groups in total. The van der Waals surface area contributed by atoms with E-state index in [9.17, 15) is 4.79 Å². The number of methoxy groups -OCH3 is 1. The van der Waals surface area contributed by atoms with Gasteiger partial charge in [0.1, 0.15) is 0 Å². The molecular formula is C11H13ClN6O2. The monoisotopic (exact) mass is 296 g/mol. The lowest BCUT2D eigenvalue weighted by atomic mass is 10.4. The fourth-order valence-electron chi connectivity index (χ4n) is 1.46. The molecule has 0 aromatic carbocycles. The van der Waals surface area contributed by atoms with E-state index in [0.29, 0.717) is 23.7 Å². The molecule has 20 heavy (non-hydrogen) atoms. The van der Waals surface area contributed by atoms with Gasteiger partial charge in [-0.3, -0.25) is 9.48 Å². The molecule has 8 nitrogen and oxygen atoms in total. The summed E-state index contributed by atoms with van der Waals surface area (Å²) in [6.45, 7) is 0.425. The fourth-order valence-corrected chi connectivity index (χ4v) is 1.60. The van der Waals surface area contributed by atoms with Crippen molar-refractivity contribution >= 4 is 34.8 Å². The lowest BCUT2D eigenvalue weighted by Crippen LogP contribution is -2.07. The molecule has 0 aliphatic rings. The molecule has 0 radical (unpaired) electrons. The van der Waals surface area contributed by atoms with Crippen LogP contribution in [0.5, 0.6) is 0 Å². The van der Waals surface area contributed by atoms with Gasteiger partial charge in [-0.25, -0.2) is 4.98 Å². The van der Waals surface area contributed by atoms with E-state index in [1.807, 2.05) is 0 Å². The third-order valence-corrected chi connectivity index (χ3v) is 2.64. The molecular weight excluding hydrogens is 284 g/mol. The Morgan fingerprint density at radius 2 is 2.35 bits per heavy atom. The molecule has 9 heteroatoms. The molecule has 0 amide bonds. The third-order valence-electron chi connectivity index (χ3n) is 2.46. The smallest absolute Gasteiger partial charge is 0.307 e. The summed E-state index contributed by atoms with van der Waals surface area (Å²) in [7, 11) is 1.35. The molecule has 0 saturated carbocycles. The van der Waals surface area contributed by atoms with Gasteiger partial charge in [0.15, 0.2) is 5.82 Å². The average molecular weight is 297 g/mol. The molecule has 0 spiro atoms. The Hall–Kier alpha value is -2.35. The first-order chi connectivity index (χ1) is 9.58. The number of carbonyl (C=O) groups is 1. The summed E-state index contributed by atoms with van der Waals surface area (Å²) in [5.74, 6) is 0.111. The number of nitrogens with one attached hydrogen (secondary N) is 1. The molecule has 2 rings (SSSR count). The fraction of sp³-hybridized carbons (Fsp3) is 0.273. The summed E-state index contributed by atoms with van der Waals surface area (Å²) in [6, 6.07) is 0. The number of nitrogens with zero attached hydrogens (tertiary/aromatic N) is 4. The van der Waals surface area contributed by atoms with Crippen molar-refractivity contribution in [1.29, 1.82) is 0 Å². The van der Waals surface area contributed by atoms with Crippen LogP contribution in [0.1, 0.15) is 6.42 Å². The third kappa shape index (κ3) is 3.58. The maximum Gasteiger partial charge on any atom is 0.307 e. The minimum Gasteiger partial charge on any atom is -0.469 e. The van der Waals surface area contributed by atoms with E-state index in [0.717, 1.165) is 0 Å². The normalized spacial score (nSPS) is 10.3. The molecule has 0 atom stereocenters. The van der Waals surface area contributed by atoms with Gasteiger partial charge >= 0.3 is 5.97 Å². The highest BCUT2D eigenvalue weighted by molar-refractivity contribution is 6.28. The van der Waals surface area contributed by atoms with Crippen LogP contribution in [0.25, 0.3) is 0 Å². The van der Waals surface area contributed by atoms with Gasteiger partial charge < -0.3 is 15.8 Å². The molecule has 0 saturated heterocycles. The van der Waals surface area contributed by atoms with Crippen molar-refractivity contribution < 1.29 is 9.53 Å². The van der Waals surface area contributed by atoms with Gasteiger partial charge in [-0.05, 0) is 11.6 Å². The first kappa shape index (κ1) is 14.1. The summed E-state index contributed by atoms with van der Waals surface area (Å²) >= 11 is 5.70. The Balaban J connectivity index is 2.02. The van der Waals surface area contributed by atoms with Crippen LogP contribution in [0, 0.1) is 0 Å². The first-order valence-corrected chi connectivity index (χ1v) is 6.10. The maximum atomic E-state index is 11.0. The van der Waals surface area contributed by atoms with Crippen molar-refractivity contribution in [1.82, 2.24) is 19.7 Å². The summed E-state index contributed by atoms with van der Waals surface area (Å²) in [5, 5.41) is 7.17. The molecule has 0 aliphatic carbocycles. The second-order valence-corrected chi connectivity index (χ2v) is 4.22. The number of nitrogen functional groups attached to an aromatic ring is 1. The number of hydrogen-bond acceptors (Lipinski definition) is 7. The predicted molar refractivity (Wildman–Crippen MR) is 73.6 cm³/mol. The van der Waals surface area contributed by atoms with E-state index in [1.54, 1.807) is 17.1 Å². The minimum atomic E-state index is -0.290. The Morgan fingerprint density at radius 1 is 1.55 bits per heavy atom. The van der Waals surface area contributed by atoms with Crippen LogP contribution >= 0.6 is 11.6 Å². The second kappa shape index (κ2) is 6.20. The quantitative estimate of drug-likeness (QED) is 0.630. The van der Waals surface area contributed by atoms with Gasteiger partial charge in [0, 0.05) is 6.20 Å². The Morgan fingerprint density at radius 3 is 3.10 bits per heavy atom. The van der Waals surface area contributed by atoms with E-state index in [1.165, 1.54) is 13.3 Å². The van der Waals surface area contributed by atoms with E-state index in [2.05, 4.69) is 25.1 Å². The Bertz CT molecular complexity index is 615. The molecule has 106 valence electrons. The molecule has 2 aromatic rings. The number of rotatable bonds is 5. The molecule has 2 heterocycles. The lowest BCUT2D eigenvalue weighted by molar-refractivity contribution is -0.140. The van der Waals surface area contributed by atoms with Gasteiger partial charge in [-0.1, -0.05) is 0 Å². The highest BCUT2D eigenvalue weighted by Crippen LogP contribution is 2.20. The van der Waals surface area contributed by atoms with Crippen molar-refractivity contribution in [2.75, 3.05) is 18.2 Å². The molecule has 0 bridgehead atoms. The van der Waals surface area contributed by atoms with Crippen molar-refractivity contribution in [3.63, 3.8) is 0 Å². The van der Waals surface area contributed by atoms with Crippen molar-refractivity contribution in [3.05, 3.63) is 23.9 Å². The average Bonchev–Trinajstić information content (AvgIpc) is 2.88. The van der Waals surface area contributed by atoms with Gasteiger partial charge in [0.05, 0.1) is 43.8 Å². The number of carbonyl (C=O) groups excluding carboxylic acids is 1. The standard InChI is InChI=1S/C11H13ClN6O2/c1-20-9(19)2-3-18-6-7(4-15-18)16-10-8(13)5-14-11(12)17-10/h4-6H,2-3,13H2,1H3,(H,14,16,17). The summed E-state index contributed by atoms with van der Waals surface area (Å²) in [6.07, 6.45) is 4.98. The van der Waals surface area contributed by atoms with Gasteiger partial charge in [0.25, 0.3) is 0 Å². The lowest BCUT2D eigenvalue weighted by Gasteiger charge is -2.05. The zero-order valence-corrected chi connectivity index (χ0v) is 11.5. The number of nitrogens with two attached hydrogens (primary N) is 1. The number of ether oxygens (including phenoxy) is 1. The minimum absolute atomic E-state index is 0.0970. The van der Waals surface area contributed by atoms with Crippen molar-refractivity contribution in [3.8, 4) is 0 Å². The van der Waals surface area contributed by atoms with Crippen LogP contribution in [0.3, 0.4) is 0 Å². The summed E-state index contributed by atoms with van der Waals surface area (Å²) < 4.78 is 6.17. The summed E-state index contributed by atoms with van der Waals surface area (Å²) in [5.41, 5.74) is 6.78. The number of anilines is 3. The van der Waals surface area contributed by atoms with Crippen LogP contribution in [0.2, 0.25) is 5.28 Å². The highest BCUT2D eigenvalue weighted by atomic mass is 35.5.